The molecule has 2 aromatic rings. The first-order chi connectivity index (χ1) is 10.3. The van der Waals surface area contributed by atoms with E-state index in [0.717, 1.165) is 5.56 Å². The molecule has 0 saturated heterocycles. The minimum atomic E-state index is -0.356. The van der Waals surface area contributed by atoms with Crippen LogP contribution in [0.15, 0.2) is 60.4 Å². The maximum absolute atomic E-state index is 11.5. The van der Waals surface area contributed by atoms with E-state index >= 15 is 0 Å². The van der Waals surface area contributed by atoms with E-state index < -0.39 is 0 Å². The van der Waals surface area contributed by atoms with Gasteiger partial charge >= 0.3 is 5.97 Å². The molecule has 0 fully saturated rings. The number of rotatable bonds is 3. The summed E-state index contributed by atoms with van der Waals surface area (Å²) in [4.78, 5) is 11.5. The number of hydrogen-bond acceptors (Lipinski definition) is 3. The van der Waals surface area contributed by atoms with E-state index in [-0.39, 0.29) is 12.1 Å². The van der Waals surface area contributed by atoms with Crippen molar-refractivity contribution in [3.8, 4) is 0 Å². The van der Waals surface area contributed by atoms with Crippen LogP contribution in [-0.4, -0.2) is 19.2 Å². The highest BCUT2D eigenvalue weighted by Gasteiger charge is 2.19. The fourth-order valence-electron chi connectivity index (χ4n) is 2.47. The molecule has 106 valence electrons. The molecule has 1 heterocycles. The minimum absolute atomic E-state index is 0.281. The molecule has 0 spiro atoms. The second-order valence-corrected chi connectivity index (χ2v) is 4.92. The van der Waals surface area contributed by atoms with Crippen molar-refractivity contribution in [1.29, 1.82) is 0 Å². The fourth-order valence-corrected chi connectivity index (χ4v) is 2.47. The van der Waals surface area contributed by atoms with Crippen LogP contribution in [0.4, 0.5) is 0 Å². The zero-order chi connectivity index (χ0) is 14.7. The van der Waals surface area contributed by atoms with Gasteiger partial charge in [-0.15, -0.1) is 0 Å². The SMILES string of the molecule is COC1=CC(=O)OC(C=Cc2cccc3ccccc23)C1. The first-order valence-electron chi connectivity index (χ1n) is 6.87. The Kier molecular flexibility index (Phi) is 3.73. The number of esters is 1. The largest absolute Gasteiger partial charge is 0.501 e. The summed E-state index contributed by atoms with van der Waals surface area (Å²) in [6.45, 7) is 0. The molecule has 3 heteroatoms. The average molecular weight is 280 g/mol. The monoisotopic (exact) mass is 280 g/mol. The molecule has 1 atom stereocenters. The van der Waals surface area contributed by atoms with Crippen LogP contribution in [0.2, 0.25) is 0 Å². The molecular formula is C18H16O3. The summed E-state index contributed by atoms with van der Waals surface area (Å²) >= 11 is 0. The quantitative estimate of drug-likeness (QED) is 0.804. The normalized spacial score (nSPS) is 18.6. The topological polar surface area (TPSA) is 35.5 Å². The number of carbonyl (C=O) groups excluding carboxylic acids is 1. The van der Waals surface area contributed by atoms with E-state index in [4.69, 9.17) is 9.47 Å². The molecule has 0 bridgehead atoms. The van der Waals surface area contributed by atoms with Crippen LogP contribution in [0.1, 0.15) is 12.0 Å². The van der Waals surface area contributed by atoms with Crippen molar-refractivity contribution in [3.63, 3.8) is 0 Å². The fraction of sp³-hybridized carbons (Fsp3) is 0.167. The maximum atomic E-state index is 11.5. The van der Waals surface area contributed by atoms with E-state index in [2.05, 4.69) is 24.3 Å². The summed E-state index contributed by atoms with van der Waals surface area (Å²) < 4.78 is 10.4. The predicted molar refractivity (Wildman–Crippen MR) is 82.6 cm³/mol. The lowest BCUT2D eigenvalue weighted by atomic mass is 10.0. The number of benzene rings is 2. The number of ether oxygens (including phenoxy) is 2. The van der Waals surface area contributed by atoms with Crippen LogP contribution in [0.5, 0.6) is 0 Å². The lowest BCUT2D eigenvalue weighted by Gasteiger charge is -2.19. The Morgan fingerprint density at radius 3 is 2.86 bits per heavy atom. The van der Waals surface area contributed by atoms with E-state index in [1.165, 1.54) is 16.8 Å². The zero-order valence-electron chi connectivity index (χ0n) is 11.8. The van der Waals surface area contributed by atoms with Gasteiger partial charge in [0, 0.05) is 6.42 Å². The third-order valence-corrected chi connectivity index (χ3v) is 3.52. The third-order valence-electron chi connectivity index (χ3n) is 3.52. The molecule has 1 aliphatic heterocycles. The molecule has 1 unspecified atom stereocenters. The molecule has 0 aliphatic carbocycles. The van der Waals surface area contributed by atoms with Crippen LogP contribution in [0.25, 0.3) is 16.8 Å². The molecular weight excluding hydrogens is 264 g/mol. The molecule has 0 aromatic heterocycles. The van der Waals surface area contributed by atoms with E-state index in [9.17, 15) is 4.79 Å². The standard InChI is InChI=1S/C18H16O3/c1-20-16-11-15(21-18(19)12-16)10-9-14-7-4-6-13-5-2-3-8-17(13)14/h2-10,12,15H,11H2,1H3. The van der Waals surface area contributed by atoms with Gasteiger partial charge in [-0.2, -0.15) is 0 Å². The molecule has 0 N–H and O–H groups in total. The third kappa shape index (κ3) is 2.97. The van der Waals surface area contributed by atoms with Crippen molar-refractivity contribution in [2.24, 2.45) is 0 Å². The predicted octanol–water partition coefficient (Wildman–Crippen LogP) is 3.70. The Bertz CT molecular complexity index is 723. The van der Waals surface area contributed by atoms with Crippen LogP contribution >= 0.6 is 0 Å². The van der Waals surface area contributed by atoms with Crippen LogP contribution < -0.4 is 0 Å². The Morgan fingerprint density at radius 2 is 2.00 bits per heavy atom. The van der Waals surface area contributed by atoms with Crippen LogP contribution in [-0.2, 0) is 14.3 Å². The maximum Gasteiger partial charge on any atom is 0.334 e. The van der Waals surface area contributed by atoms with Crippen molar-refractivity contribution in [3.05, 3.63) is 65.9 Å². The van der Waals surface area contributed by atoms with Gasteiger partial charge in [-0.3, -0.25) is 0 Å². The van der Waals surface area contributed by atoms with Crippen LogP contribution in [0, 0.1) is 0 Å². The molecule has 3 rings (SSSR count). The van der Waals surface area contributed by atoms with E-state index in [0.29, 0.717) is 12.2 Å². The minimum Gasteiger partial charge on any atom is -0.501 e. The number of fused-ring (bicyclic) bond motifs is 1. The molecule has 0 amide bonds. The molecule has 0 radical (unpaired) electrons. The van der Waals surface area contributed by atoms with Crippen molar-refractivity contribution in [2.45, 2.75) is 12.5 Å². The number of cyclic esters (lactones) is 1. The van der Waals surface area contributed by atoms with E-state index in [1.54, 1.807) is 7.11 Å². The lowest BCUT2D eigenvalue weighted by molar-refractivity contribution is -0.142. The Morgan fingerprint density at radius 1 is 1.19 bits per heavy atom. The first kappa shape index (κ1) is 13.4. The molecule has 2 aromatic carbocycles. The van der Waals surface area contributed by atoms with Crippen molar-refractivity contribution in [2.75, 3.05) is 7.11 Å². The Balaban J connectivity index is 1.85. The first-order valence-corrected chi connectivity index (χ1v) is 6.87. The van der Waals surface area contributed by atoms with Gasteiger partial charge in [0.05, 0.1) is 13.2 Å². The Hall–Kier alpha value is -2.55. The van der Waals surface area contributed by atoms with E-state index in [1.807, 2.05) is 30.4 Å². The van der Waals surface area contributed by atoms with Gasteiger partial charge in [-0.05, 0) is 22.4 Å². The Labute approximate surface area is 123 Å². The number of carbonyl (C=O) groups is 1. The summed E-state index contributed by atoms with van der Waals surface area (Å²) in [5.41, 5.74) is 1.11. The summed E-state index contributed by atoms with van der Waals surface area (Å²) in [6.07, 6.45) is 5.59. The zero-order valence-corrected chi connectivity index (χ0v) is 11.8. The summed E-state index contributed by atoms with van der Waals surface area (Å²) in [5.74, 6) is 0.296. The van der Waals surface area contributed by atoms with Gasteiger partial charge < -0.3 is 9.47 Å². The van der Waals surface area contributed by atoms with Gasteiger partial charge in [0.15, 0.2) is 0 Å². The van der Waals surface area contributed by atoms with Gasteiger partial charge in [-0.1, -0.05) is 48.5 Å². The number of hydrogen-bond donors (Lipinski definition) is 0. The van der Waals surface area contributed by atoms with Gasteiger partial charge in [0.1, 0.15) is 11.9 Å². The average Bonchev–Trinajstić information content (AvgIpc) is 2.52. The lowest BCUT2D eigenvalue weighted by Crippen LogP contribution is -2.21. The van der Waals surface area contributed by atoms with Crippen molar-refractivity contribution < 1.29 is 14.3 Å². The highest BCUT2D eigenvalue weighted by atomic mass is 16.5. The number of methoxy groups -OCH3 is 1. The van der Waals surface area contributed by atoms with Gasteiger partial charge in [-0.25, -0.2) is 4.79 Å². The summed E-state index contributed by atoms with van der Waals surface area (Å²) in [6, 6.07) is 14.4. The van der Waals surface area contributed by atoms with Gasteiger partial charge in [0.2, 0.25) is 0 Å². The second-order valence-electron chi connectivity index (χ2n) is 4.92. The highest BCUT2D eigenvalue weighted by molar-refractivity contribution is 5.90. The van der Waals surface area contributed by atoms with Crippen LogP contribution in [0.3, 0.4) is 0 Å². The van der Waals surface area contributed by atoms with Gasteiger partial charge in [0.25, 0.3) is 0 Å². The summed E-state index contributed by atoms with van der Waals surface area (Å²) in [7, 11) is 1.57. The molecule has 0 saturated carbocycles. The second kappa shape index (κ2) is 5.83. The molecule has 21 heavy (non-hydrogen) atoms. The van der Waals surface area contributed by atoms with Crippen molar-refractivity contribution >= 4 is 22.8 Å². The highest BCUT2D eigenvalue weighted by Crippen LogP contribution is 2.22. The summed E-state index contributed by atoms with van der Waals surface area (Å²) in [5, 5.41) is 2.37. The smallest absolute Gasteiger partial charge is 0.334 e. The molecule has 1 aliphatic rings. The molecule has 3 nitrogen and oxygen atoms in total. The van der Waals surface area contributed by atoms with Crippen molar-refractivity contribution in [1.82, 2.24) is 0 Å².